The quantitative estimate of drug-likeness (QED) is 0.857. The Kier molecular flexibility index (Phi) is 3.37. The summed E-state index contributed by atoms with van der Waals surface area (Å²) in [4.78, 5) is 23.9. The second-order valence-electron chi connectivity index (χ2n) is 6.09. The van der Waals surface area contributed by atoms with E-state index < -0.39 is 17.8 Å². The first-order chi connectivity index (χ1) is 11.1. The average Bonchev–Trinajstić information content (AvgIpc) is 3.25. The number of fused-ring (bicyclic) bond motifs is 3. The predicted octanol–water partition coefficient (Wildman–Crippen LogP) is 0.910. The van der Waals surface area contributed by atoms with Crippen molar-refractivity contribution in [2.75, 3.05) is 6.79 Å². The SMILES string of the molecule is O=C(O)[C@@H]1[C@@H](C(=O)NCc2ccc3c(c2)OCO3)[C@H]2CC[C@H]1O2. The molecule has 1 aromatic rings. The van der Waals surface area contributed by atoms with Gasteiger partial charge in [-0.05, 0) is 30.5 Å². The van der Waals surface area contributed by atoms with Gasteiger partial charge in [0.2, 0.25) is 12.7 Å². The lowest BCUT2D eigenvalue weighted by Crippen LogP contribution is -2.43. The zero-order valence-corrected chi connectivity index (χ0v) is 12.4. The highest BCUT2D eigenvalue weighted by Crippen LogP contribution is 2.43. The molecule has 3 aliphatic rings. The average molecular weight is 319 g/mol. The maximum atomic E-state index is 12.4. The minimum Gasteiger partial charge on any atom is -0.481 e. The Hall–Kier alpha value is -2.28. The molecule has 2 N–H and O–H groups in total. The molecular weight excluding hydrogens is 302 g/mol. The molecule has 0 spiro atoms. The molecule has 4 atom stereocenters. The van der Waals surface area contributed by atoms with Gasteiger partial charge in [-0.1, -0.05) is 6.07 Å². The third-order valence-corrected chi connectivity index (χ3v) is 4.76. The van der Waals surface area contributed by atoms with Gasteiger partial charge in [0.05, 0.1) is 24.0 Å². The van der Waals surface area contributed by atoms with Crippen molar-refractivity contribution in [2.24, 2.45) is 11.8 Å². The number of benzene rings is 1. The van der Waals surface area contributed by atoms with Gasteiger partial charge >= 0.3 is 5.97 Å². The minimum atomic E-state index is -0.958. The number of carbonyl (C=O) groups excluding carboxylic acids is 1. The fourth-order valence-corrected chi connectivity index (χ4v) is 3.68. The normalized spacial score (nSPS) is 30.4. The molecule has 1 aromatic carbocycles. The molecule has 0 radical (unpaired) electrons. The molecule has 7 heteroatoms. The van der Waals surface area contributed by atoms with Crippen LogP contribution in [0.15, 0.2) is 18.2 Å². The summed E-state index contributed by atoms with van der Waals surface area (Å²) in [6, 6.07) is 5.46. The molecule has 1 amide bonds. The monoisotopic (exact) mass is 319 g/mol. The van der Waals surface area contributed by atoms with Crippen molar-refractivity contribution in [3.8, 4) is 11.5 Å². The van der Waals surface area contributed by atoms with Gasteiger partial charge in [-0.2, -0.15) is 0 Å². The first-order valence-corrected chi connectivity index (χ1v) is 7.68. The molecule has 0 unspecified atom stereocenters. The highest BCUT2D eigenvalue weighted by molar-refractivity contribution is 5.86. The van der Waals surface area contributed by atoms with E-state index in [0.717, 1.165) is 12.0 Å². The summed E-state index contributed by atoms with van der Waals surface area (Å²) in [5.41, 5.74) is 0.874. The van der Waals surface area contributed by atoms with E-state index in [4.69, 9.17) is 14.2 Å². The van der Waals surface area contributed by atoms with E-state index in [1.807, 2.05) is 12.1 Å². The molecule has 0 saturated carbocycles. The third-order valence-electron chi connectivity index (χ3n) is 4.76. The predicted molar refractivity (Wildman–Crippen MR) is 76.9 cm³/mol. The molecule has 0 aromatic heterocycles. The fraction of sp³-hybridized carbons (Fsp3) is 0.500. The summed E-state index contributed by atoms with van der Waals surface area (Å²) in [6.07, 6.45) is 0.848. The van der Waals surface area contributed by atoms with Crippen LogP contribution in [0.2, 0.25) is 0 Å². The number of carboxylic acids is 1. The number of amides is 1. The second kappa shape index (κ2) is 5.42. The highest BCUT2D eigenvalue weighted by Gasteiger charge is 2.55. The summed E-state index contributed by atoms with van der Waals surface area (Å²) in [5.74, 6) is -1.23. The van der Waals surface area contributed by atoms with Crippen molar-refractivity contribution in [1.29, 1.82) is 0 Å². The summed E-state index contributed by atoms with van der Waals surface area (Å²) in [7, 11) is 0. The number of hydrogen-bond donors (Lipinski definition) is 2. The molecule has 3 heterocycles. The molecule has 7 nitrogen and oxygen atoms in total. The van der Waals surface area contributed by atoms with E-state index in [1.54, 1.807) is 6.07 Å². The molecule has 2 fully saturated rings. The maximum Gasteiger partial charge on any atom is 0.310 e. The highest BCUT2D eigenvalue weighted by atomic mass is 16.7. The molecule has 2 saturated heterocycles. The lowest BCUT2D eigenvalue weighted by atomic mass is 9.78. The number of rotatable bonds is 4. The standard InChI is InChI=1S/C16H17NO6/c18-15(13-10-3-4-11(23-10)14(13)16(19)20)17-6-8-1-2-9-12(5-8)22-7-21-9/h1-2,5,10-11,13-14H,3-4,6-7H2,(H,17,18)(H,19,20)/t10-,11-,13+,14+/m1/s1. The maximum absolute atomic E-state index is 12.4. The largest absolute Gasteiger partial charge is 0.481 e. The van der Waals surface area contributed by atoms with Gasteiger partial charge in [0.1, 0.15) is 0 Å². The zero-order valence-electron chi connectivity index (χ0n) is 12.4. The zero-order chi connectivity index (χ0) is 16.0. The molecule has 4 rings (SSSR count). The number of carboxylic acid groups (broad SMARTS) is 1. The first-order valence-electron chi connectivity index (χ1n) is 7.68. The lowest BCUT2D eigenvalue weighted by molar-refractivity contribution is -0.147. The van der Waals surface area contributed by atoms with Crippen molar-refractivity contribution in [3.05, 3.63) is 23.8 Å². The Morgan fingerprint density at radius 2 is 1.87 bits per heavy atom. The van der Waals surface area contributed by atoms with E-state index in [1.165, 1.54) is 0 Å². The van der Waals surface area contributed by atoms with E-state index in [9.17, 15) is 14.7 Å². The van der Waals surface area contributed by atoms with Crippen LogP contribution in [0.5, 0.6) is 11.5 Å². The van der Waals surface area contributed by atoms with Crippen LogP contribution < -0.4 is 14.8 Å². The van der Waals surface area contributed by atoms with Crippen LogP contribution in [0.4, 0.5) is 0 Å². The van der Waals surface area contributed by atoms with Gasteiger partial charge in [0.25, 0.3) is 0 Å². The van der Waals surface area contributed by atoms with Gasteiger partial charge in [-0.3, -0.25) is 9.59 Å². The molecule has 3 aliphatic heterocycles. The van der Waals surface area contributed by atoms with Gasteiger partial charge in [0, 0.05) is 6.54 Å². The van der Waals surface area contributed by atoms with Crippen molar-refractivity contribution >= 4 is 11.9 Å². The smallest absolute Gasteiger partial charge is 0.310 e. The van der Waals surface area contributed by atoms with Crippen LogP contribution >= 0.6 is 0 Å². The van der Waals surface area contributed by atoms with Crippen molar-refractivity contribution in [1.82, 2.24) is 5.32 Å². The van der Waals surface area contributed by atoms with Gasteiger partial charge < -0.3 is 24.6 Å². The van der Waals surface area contributed by atoms with Gasteiger partial charge in [0.15, 0.2) is 11.5 Å². The van der Waals surface area contributed by atoms with E-state index in [0.29, 0.717) is 24.5 Å². The van der Waals surface area contributed by atoms with Crippen LogP contribution in [0.3, 0.4) is 0 Å². The molecule has 0 aliphatic carbocycles. The molecule has 2 bridgehead atoms. The van der Waals surface area contributed by atoms with Crippen LogP contribution in [-0.4, -0.2) is 36.0 Å². The molecule has 122 valence electrons. The molecular formula is C16H17NO6. The number of ether oxygens (including phenoxy) is 3. The van der Waals surface area contributed by atoms with E-state index >= 15 is 0 Å². The number of carbonyl (C=O) groups is 2. The van der Waals surface area contributed by atoms with Crippen LogP contribution in [0.1, 0.15) is 18.4 Å². The van der Waals surface area contributed by atoms with Crippen LogP contribution in [-0.2, 0) is 20.9 Å². The summed E-state index contributed by atoms with van der Waals surface area (Å²) >= 11 is 0. The van der Waals surface area contributed by atoms with Gasteiger partial charge in [-0.15, -0.1) is 0 Å². The summed E-state index contributed by atoms with van der Waals surface area (Å²) in [6.45, 7) is 0.517. The first kappa shape index (κ1) is 14.3. The fourth-order valence-electron chi connectivity index (χ4n) is 3.68. The number of aliphatic carboxylic acids is 1. The number of nitrogens with one attached hydrogen (secondary N) is 1. The van der Waals surface area contributed by atoms with Gasteiger partial charge in [-0.25, -0.2) is 0 Å². The molecule has 23 heavy (non-hydrogen) atoms. The summed E-state index contributed by atoms with van der Waals surface area (Å²) < 4.78 is 16.2. The van der Waals surface area contributed by atoms with Crippen molar-refractivity contribution in [3.63, 3.8) is 0 Å². The Morgan fingerprint density at radius 3 is 2.65 bits per heavy atom. The van der Waals surface area contributed by atoms with Crippen LogP contribution in [0.25, 0.3) is 0 Å². The Balaban J connectivity index is 1.43. The lowest BCUT2D eigenvalue weighted by Gasteiger charge is -2.23. The Morgan fingerprint density at radius 1 is 1.13 bits per heavy atom. The van der Waals surface area contributed by atoms with E-state index in [2.05, 4.69) is 5.32 Å². The van der Waals surface area contributed by atoms with Crippen LogP contribution in [0, 0.1) is 11.8 Å². The van der Waals surface area contributed by atoms with E-state index in [-0.39, 0.29) is 24.9 Å². The second-order valence-corrected chi connectivity index (χ2v) is 6.09. The Labute approximate surface area is 132 Å². The summed E-state index contributed by atoms with van der Waals surface area (Å²) in [5, 5.41) is 12.2. The topological polar surface area (TPSA) is 94.1 Å². The van der Waals surface area contributed by atoms with Crippen molar-refractivity contribution < 1.29 is 28.9 Å². The minimum absolute atomic E-state index is 0.202. The number of hydrogen-bond acceptors (Lipinski definition) is 5. The Bertz CT molecular complexity index is 660. The van der Waals surface area contributed by atoms with Crippen molar-refractivity contribution in [2.45, 2.75) is 31.6 Å². The third kappa shape index (κ3) is 2.41.